The first-order valence-corrected chi connectivity index (χ1v) is 5.59. The number of nitrogens with one attached hydrogen (secondary N) is 1. The van der Waals surface area contributed by atoms with Crippen molar-refractivity contribution >= 4 is 9.84 Å². The molecular formula is C7H10N4O2S. The van der Waals surface area contributed by atoms with Crippen LogP contribution in [0.2, 0.25) is 0 Å². The fourth-order valence-corrected chi connectivity index (χ4v) is 1.81. The van der Waals surface area contributed by atoms with Gasteiger partial charge >= 0.3 is 0 Å². The van der Waals surface area contributed by atoms with Crippen LogP contribution in [0.15, 0.2) is 28.4 Å². The molecule has 7 heteroatoms. The third-order valence-electron chi connectivity index (χ3n) is 1.69. The van der Waals surface area contributed by atoms with Gasteiger partial charge in [0.2, 0.25) is 0 Å². The van der Waals surface area contributed by atoms with E-state index in [-0.39, 0.29) is 10.9 Å². The van der Waals surface area contributed by atoms with E-state index in [1.54, 1.807) is 6.08 Å². The largest absolute Gasteiger partial charge is 0.384 e. The summed E-state index contributed by atoms with van der Waals surface area (Å²) in [6, 6.07) is 0.119. The van der Waals surface area contributed by atoms with Gasteiger partial charge in [-0.05, 0) is 18.5 Å². The van der Waals surface area contributed by atoms with Crippen LogP contribution in [-0.4, -0.2) is 20.3 Å². The summed E-state index contributed by atoms with van der Waals surface area (Å²) in [5.41, 5.74) is 8.01. The van der Waals surface area contributed by atoms with Crippen LogP contribution < -0.4 is 5.32 Å². The monoisotopic (exact) mass is 214 g/mol. The van der Waals surface area contributed by atoms with Gasteiger partial charge in [0.1, 0.15) is 5.88 Å². The number of hydrogen-bond acceptors (Lipinski definition) is 4. The second-order valence-electron chi connectivity index (χ2n) is 2.84. The topological polar surface area (TPSA) is 94.9 Å². The number of dihydropyridines is 1. The van der Waals surface area contributed by atoms with E-state index in [1.165, 1.54) is 12.3 Å². The smallest absolute Gasteiger partial charge is 0.185 e. The van der Waals surface area contributed by atoms with Gasteiger partial charge in [-0.25, -0.2) is 8.42 Å². The molecule has 0 aromatic carbocycles. The Kier molecular flexibility index (Phi) is 3.16. The first kappa shape index (κ1) is 10.6. The molecule has 0 radical (unpaired) electrons. The number of nitrogens with zero attached hydrogens (tertiary/aromatic N) is 3. The third kappa shape index (κ3) is 2.51. The average molecular weight is 214 g/mol. The predicted molar refractivity (Wildman–Crippen MR) is 52.8 cm³/mol. The van der Waals surface area contributed by atoms with Crippen LogP contribution in [0.3, 0.4) is 0 Å². The quantitative estimate of drug-likeness (QED) is 0.432. The summed E-state index contributed by atoms with van der Waals surface area (Å²) < 4.78 is 22.9. The molecule has 0 spiro atoms. The van der Waals surface area contributed by atoms with E-state index < -0.39 is 15.7 Å². The van der Waals surface area contributed by atoms with Crippen molar-refractivity contribution in [3.63, 3.8) is 0 Å². The van der Waals surface area contributed by atoms with Crippen molar-refractivity contribution in [1.82, 2.24) is 5.32 Å². The van der Waals surface area contributed by atoms with E-state index in [1.807, 2.05) is 6.92 Å². The van der Waals surface area contributed by atoms with Gasteiger partial charge in [-0.3, -0.25) is 0 Å². The molecule has 0 saturated carbocycles. The summed E-state index contributed by atoms with van der Waals surface area (Å²) >= 11 is 0. The molecule has 0 aromatic rings. The molecule has 14 heavy (non-hydrogen) atoms. The Morgan fingerprint density at radius 1 is 1.71 bits per heavy atom. The molecule has 1 N–H and O–H groups in total. The highest BCUT2D eigenvalue weighted by molar-refractivity contribution is 7.95. The molecule has 0 bridgehead atoms. The Bertz CT molecular complexity index is 417. The van der Waals surface area contributed by atoms with Crippen LogP contribution in [0.5, 0.6) is 0 Å². The highest BCUT2D eigenvalue weighted by atomic mass is 32.2. The van der Waals surface area contributed by atoms with E-state index in [4.69, 9.17) is 5.53 Å². The highest BCUT2D eigenvalue weighted by Crippen LogP contribution is 2.12. The summed E-state index contributed by atoms with van der Waals surface area (Å²) in [6.45, 7) is 1.89. The minimum absolute atomic E-state index is 0.119. The molecule has 1 rings (SSSR count). The average Bonchev–Trinajstić information content (AvgIpc) is 2.16. The van der Waals surface area contributed by atoms with Gasteiger partial charge in [0.25, 0.3) is 0 Å². The first-order valence-electron chi connectivity index (χ1n) is 3.94. The summed E-state index contributed by atoms with van der Waals surface area (Å²) in [4.78, 5) is 2.55. The zero-order valence-corrected chi connectivity index (χ0v) is 8.40. The lowest BCUT2D eigenvalue weighted by atomic mass is 10.2. The molecule has 76 valence electrons. The van der Waals surface area contributed by atoms with Crippen LogP contribution in [0.25, 0.3) is 10.4 Å². The molecule has 1 aliphatic rings. The normalized spacial score (nSPS) is 20.6. The molecule has 0 aromatic heterocycles. The summed E-state index contributed by atoms with van der Waals surface area (Å²) in [5.74, 6) is -0.546. The van der Waals surface area contributed by atoms with E-state index in [0.717, 1.165) is 0 Å². The lowest BCUT2D eigenvalue weighted by Gasteiger charge is -2.13. The number of azide groups is 1. The standard InChI is InChI=1S/C7H10N4O2S/c1-6-2-3-7(4-9-6)14(12,13)5-10-11-8/h2-4,6,9H,5H2,1H3. The Morgan fingerprint density at radius 3 is 2.93 bits per heavy atom. The van der Waals surface area contributed by atoms with Crippen molar-refractivity contribution in [1.29, 1.82) is 0 Å². The fourth-order valence-electron chi connectivity index (χ4n) is 0.926. The fraction of sp³-hybridized carbons (Fsp3) is 0.429. The summed E-state index contributed by atoms with van der Waals surface area (Å²) in [6.07, 6.45) is 4.64. The van der Waals surface area contributed by atoms with Gasteiger partial charge in [-0.15, -0.1) is 0 Å². The zero-order valence-electron chi connectivity index (χ0n) is 7.58. The van der Waals surface area contributed by atoms with E-state index in [9.17, 15) is 8.42 Å². The Hall–Kier alpha value is -1.46. The molecule has 0 aliphatic carbocycles. The zero-order chi connectivity index (χ0) is 10.6. The molecule has 0 fully saturated rings. The lowest BCUT2D eigenvalue weighted by Crippen LogP contribution is -2.23. The van der Waals surface area contributed by atoms with Gasteiger partial charge in [-0.1, -0.05) is 11.2 Å². The Morgan fingerprint density at radius 2 is 2.43 bits per heavy atom. The van der Waals surface area contributed by atoms with Crippen LogP contribution in [0, 0.1) is 0 Å². The van der Waals surface area contributed by atoms with Crippen molar-refractivity contribution in [2.24, 2.45) is 5.11 Å². The second kappa shape index (κ2) is 4.17. The van der Waals surface area contributed by atoms with E-state index in [0.29, 0.717) is 0 Å². The highest BCUT2D eigenvalue weighted by Gasteiger charge is 2.16. The summed E-state index contributed by atoms with van der Waals surface area (Å²) in [7, 11) is -3.48. The Balaban J connectivity index is 2.85. The molecule has 1 atom stereocenters. The number of rotatable bonds is 3. The van der Waals surface area contributed by atoms with Gasteiger partial charge in [0, 0.05) is 17.2 Å². The van der Waals surface area contributed by atoms with E-state index >= 15 is 0 Å². The van der Waals surface area contributed by atoms with Gasteiger partial charge in [0.15, 0.2) is 9.84 Å². The molecule has 6 nitrogen and oxygen atoms in total. The van der Waals surface area contributed by atoms with E-state index in [2.05, 4.69) is 15.3 Å². The lowest BCUT2D eigenvalue weighted by molar-refractivity contribution is 0.602. The number of sulfone groups is 1. The molecule has 0 amide bonds. The molecule has 1 unspecified atom stereocenters. The maximum absolute atomic E-state index is 11.4. The van der Waals surface area contributed by atoms with Crippen molar-refractivity contribution in [3.8, 4) is 0 Å². The van der Waals surface area contributed by atoms with Crippen LogP contribution in [-0.2, 0) is 9.84 Å². The first-order chi connectivity index (χ1) is 6.56. The van der Waals surface area contributed by atoms with Gasteiger partial charge in [0.05, 0.1) is 4.91 Å². The Labute approximate surface area is 81.9 Å². The summed E-state index contributed by atoms with van der Waals surface area (Å²) in [5, 5.41) is 5.88. The van der Waals surface area contributed by atoms with Gasteiger partial charge < -0.3 is 5.32 Å². The van der Waals surface area contributed by atoms with Crippen molar-refractivity contribution in [2.45, 2.75) is 13.0 Å². The molecule has 1 heterocycles. The van der Waals surface area contributed by atoms with Crippen molar-refractivity contribution in [2.75, 3.05) is 5.88 Å². The van der Waals surface area contributed by atoms with Crippen LogP contribution in [0.4, 0.5) is 0 Å². The maximum atomic E-state index is 11.4. The SMILES string of the molecule is CC1C=CC(S(=O)(=O)CN=[N+]=[N-])=CN1. The number of hydrogen-bond donors (Lipinski definition) is 1. The minimum atomic E-state index is -3.48. The molecule has 0 saturated heterocycles. The van der Waals surface area contributed by atoms with Crippen LogP contribution in [0.1, 0.15) is 6.92 Å². The van der Waals surface area contributed by atoms with Crippen LogP contribution >= 0.6 is 0 Å². The predicted octanol–water partition coefficient (Wildman–Crippen LogP) is 1.06. The minimum Gasteiger partial charge on any atom is -0.384 e. The molecule has 1 aliphatic heterocycles. The number of allylic oxidation sites excluding steroid dienone is 1. The van der Waals surface area contributed by atoms with Gasteiger partial charge in [-0.2, -0.15) is 0 Å². The molecular weight excluding hydrogens is 204 g/mol. The van der Waals surface area contributed by atoms with Crippen molar-refractivity contribution < 1.29 is 8.42 Å². The third-order valence-corrected chi connectivity index (χ3v) is 3.12. The van der Waals surface area contributed by atoms with Crippen molar-refractivity contribution in [3.05, 3.63) is 33.7 Å². The maximum Gasteiger partial charge on any atom is 0.185 e. The second-order valence-corrected chi connectivity index (χ2v) is 4.79.